The minimum Gasteiger partial charge on any atom is -0.394 e. The molecule has 18 heavy (non-hydrogen) atoms. The molecule has 0 spiro atoms. The van der Waals surface area contributed by atoms with E-state index in [1.165, 1.54) is 0 Å². The summed E-state index contributed by atoms with van der Waals surface area (Å²) < 4.78 is 0. The molecule has 4 N–H and O–H groups in total. The minimum atomic E-state index is -0.167. The molecule has 0 atom stereocenters. The summed E-state index contributed by atoms with van der Waals surface area (Å²) >= 11 is 0. The average molecular weight is 336 g/mol. The van der Waals surface area contributed by atoms with E-state index < -0.39 is 0 Å². The molecule has 0 heterocycles. The summed E-state index contributed by atoms with van der Waals surface area (Å²) in [6.45, 7) is 13.8. The molecule has 0 saturated heterocycles. The smallest absolute Gasteiger partial charge is 0.0483 e. The van der Waals surface area contributed by atoms with Gasteiger partial charge in [0.15, 0.2) is 0 Å². The molecule has 0 aromatic carbocycles. The van der Waals surface area contributed by atoms with Crippen LogP contribution in [0.25, 0.3) is 0 Å². The van der Waals surface area contributed by atoms with Crippen molar-refractivity contribution in [1.29, 1.82) is 0 Å². The van der Waals surface area contributed by atoms with Crippen LogP contribution < -0.4 is 0 Å². The van der Waals surface area contributed by atoms with Gasteiger partial charge >= 0.3 is 0 Å². The van der Waals surface area contributed by atoms with Gasteiger partial charge in [-0.3, -0.25) is 0 Å². The fourth-order valence-electron chi connectivity index (χ4n) is 0. The summed E-state index contributed by atoms with van der Waals surface area (Å²) in [4.78, 5) is 0. The largest absolute Gasteiger partial charge is 0.394 e. The van der Waals surface area contributed by atoms with Crippen molar-refractivity contribution in [3.8, 4) is 0 Å². The van der Waals surface area contributed by atoms with Crippen LogP contribution in [0, 0.1) is 0 Å². The monoisotopic (exact) mass is 336 g/mol. The molecule has 0 aliphatic rings. The Kier molecular flexibility index (Phi) is 62.8. The Bertz CT molecular complexity index is 65.1. The van der Waals surface area contributed by atoms with E-state index in [1.807, 2.05) is 0 Å². The Labute approximate surface area is 143 Å². The second kappa shape index (κ2) is 30.9. The molecule has 0 bridgehead atoms. The fraction of sp³-hybridized carbons (Fsp3) is 1.00. The molecule has 0 unspecified atom stereocenters. The van der Waals surface area contributed by atoms with Gasteiger partial charge in [0.05, 0.1) is 0 Å². The van der Waals surface area contributed by atoms with Crippen LogP contribution in [0.1, 0.15) is 55.4 Å². The Morgan fingerprint density at radius 1 is 0.389 bits per heavy atom. The first kappa shape index (κ1) is 36.5. The summed E-state index contributed by atoms with van der Waals surface area (Å²) in [6.07, 6.45) is -0.667. The summed E-state index contributed by atoms with van der Waals surface area (Å²) in [5.41, 5.74) is 0. The van der Waals surface area contributed by atoms with Crippen LogP contribution in [-0.4, -0.2) is 44.8 Å². The van der Waals surface area contributed by atoms with E-state index in [1.54, 1.807) is 55.4 Å². The third-order valence-electron chi connectivity index (χ3n) is 0. The van der Waals surface area contributed by atoms with Crippen molar-refractivity contribution >= 4 is 0 Å². The van der Waals surface area contributed by atoms with E-state index in [-0.39, 0.29) is 67.9 Å². The fourth-order valence-corrected chi connectivity index (χ4v) is 0. The number of aliphatic hydroxyl groups is 4. The van der Waals surface area contributed by atoms with E-state index in [2.05, 4.69) is 0 Å². The van der Waals surface area contributed by atoms with Gasteiger partial charge < -0.3 is 20.4 Å². The van der Waals surface area contributed by atoms with Crippen molar-refractivity contribution < 1.29 is 63.9 Å². The molecule has 0 fully saturated rings. The second-order valence-corrected chi connectivity index (χ2v) is 4.37. The van der Waals surface area contributed by atoms with Gasteiger partial charge in [0.2, 0.25) is 0 Å². The maximum Gasteiger partial charge on any atom is 0.0483 e. The molecule has 0 rings (SSSR count). The summed E-state index contributed by atoms with van der Waals surface area (Å²) in [5, 5.41) is 32.2. The quantitative estimate of drug-likeness (QED) is 0.506. The van der Waals surface area contributed by atoms with E-state index in [4.69, 9.17) is 20.4 Å². The topological polar surface area (TPSA) is 80.9 Å². The van der Waals surface area contributed by atoms with Crippen LogP contribution in [0.3, 0.4) is 0 Å². The van der Waals surface area contributed by atoms with E-state index in [0.29, 0.717) is 0 Å². The van der Waals surface area contributed by atoms with Crippen molar-refractivity contribution in [2.24, 2.45) is 0 Å². The Morgan fingerprint density at radius 2 is 0.389 bits per heavy atom. The molecular weight excluding hydrogens is 304 g/mol. The molecule has 0 aliphatic carbocycles. The zero-order chi connectivity index (χ0) is 14.3. The Hall–Kier alpha value is 1.27. The van der Waals surface area contributed by atoms with Crippen LogP contribution in [0.15, 0.2) is 0 Å². The molecule has 0 saturated carbocycles. The first-order chi connectivity index (χ1) is 6.93. The number of rotatable bonds is 0. The Morgan fingerprint density at radius 3 is 0.389 bits per heavy atom. The third-order valence-corrected chi connectivity index (χ3v) is 0. The first-order valence-corrected chi connectivity index (χ1v) is 5.65. The van der Waals surface area contributed by atoms with E-state index in [9.17, 15) is 0 Å². The van der Waals surface area contributed by atoms with Crippen LogP contribution >= 0.6 is 0 Å². The zero-order valence-electron chi connectivity index (χ0n) is 13.1. The van der Waals surface area contributed by atoms with Gasteiger partial charge in [-0.05, 0) is 55.4 Å². The standard InChI is InChI=1S/4C3H8O.2Ti/c4*1-3(2)4;;/h4*3-4H,1-2H3;;. The molecule has 0 aromatic rings. The summed E-state index contributed by atoms with van der Waals surface area (Å²) in [7, 11) is 0. The van der Waals surface area contributed by atoms with Crippen molar-refractivity contribution in [3.63, 3.8) is 0 Å². The van der Waals surface area contributed by atoms with Gasteiger partial charge in [0, 0.05) is 67.9 Å². The predicted molar refractivity (Wildman–Crippen MR) is 69.4 cm³/mol. The summed E-state index contributed by atoms with van der Waals surface area (Å²) in [5.74, 6) is 0. The second-order valence-electron chi connectivity index (χ2n) is 4.37. The number of hydrogen-bond donors (Lipinski definition) is 4. The van der Waals surface area contributed by atoms with Crippen LogP contribution in [0.2, 0.25) is 0 Å². The van der Waals surface area contributed by atoms with Crippen LogP contribution in [0.5, 0.6) is 0 Å². The molecule has 4 nitrogen and oxygen atoms in total. The van der Waals surface area contributed by atoms with Crippen LogP contribution in [-0.2, 0) is 43.4 Å². The molecule has 0 aliphatic heterocycles. The molecule has 0 aromatic heterocycles. The SMILES string of the molecule is CC(C)O.CC(C)O.CC(C)O.CC(C)O.[Ti].[Ti]. The predicted octanol–water partition coefficient (Wildman–Crippen LogP) is 1.54. The molecule has 0 radical (unpaired) electrons. The first-order valence-electron chi connectivity index (χ1n) is 5.65. The average Bonchev–Trinajstić information content (AvgIpc) is 1.76. The van der Waals surface area contributed by atoms with Crippen molar-refractivity contribution in [2.75, 3.05) is 0 Å². The Balaban J connectivity index is -0.0000000257. The van der Waals surface area contributed by atoms with Crippen LogP contribution in [0.4, 0.5) is 0 Å². The molecular formula is C12H32O4Ti2. The van der Waals surface area contributed by atoms with E-state index in [0.717, 1.165) is 0 Å². The maximum absolute atomic E-state index is 8.06. The van der Waals surface area contributed by atoms with Crippen molar-refractivity contribution in [2.45, 2.75) is 79.8 Å². The normalized spacial score (nSPS) is 8.00. The minimum absolute atomic E-state index is 0. The van der Waals surface area contributed by atoms with Gasteiger partial charge in [0.25, 0.3) is 0 Å². The van der Waals surface area contributed by atoms with E-state index >= 15 is 0 Å². The van der Waals surface area contributed by atoms with Gasteiger partial charge in [-0.25, -0.2) is 0 Å². The van der Waals surface area contributed by atoms with Gasteiger partial charge in [0.1, 0.15) is 0 Å². The maximum atomic E-state index is 8.06. The van der Waals surface area contributed by atoms with Crippen molar-refractivity contribution in [3.05, 3.63) is 0 Å². The molecule has 0 amide bonds. The van der Waals surface area contributed by atoms with Gasteiger partial charge in [-0.2, -0.15) is 0 Å². The third kappa shape index (κ3) is 2840. The van der Waals surface area contributed by atoms with Gasteiger partial charge in [-0.1, -0.05) is 0 Å². The number of aliphatic hydroxyl groups excluding tert-OH is 4. The number of hydrogen-bond acceptors (Lipinski definition) is 4. The molecule has 6 heteroatoms. The molecule has 112 valence electrons. The zero-order valence-corrected chi connectivity index (χ0v) is 16.2. The van der Waals surface area contributed by atoms with Crippen molar-refractivity contribution in [1.82, 2.24) is 0 Å². The summed E-state index contributed by atoms with van der Waals surface area (Å²) in [6, 6.07) is 0. The van der Waals surface area contributed by atoms with Gasteiger partial charge in [-0.15, -0.1) is 0 Å².